The van der Waals surface area contributed by atoms with Crippen molar-refractivity contribution in [2.24, 2.45) is 11.7 Å². The molecule has 2 fully saturated rings. The molecule has 1 aliphatic heterocycles. The quantitative estimate of drug-likeness (QED) is 0.729. The lowest BCUT2D eigenvalue weighted by atomic mass is 9.95. The second-order valence-electron chi connectivity index (χ2n) is 7.29. The van der Waals surface area contributed by atoms with Crippen LogP contribution >= 0.6 is 0 Å². The molecule has 6 heteroatoms. The summed E-state index contributed by atoms with van der Waals surface area (Å²) in [7, 11) is 0. The van der Waals surface area contributed by atoms with Gasteiger partial charge in [-0.15, -0.1) is 0 Å². The largest absolute Gasteiger partial charge is 0.350 e. The number of hydrogen-bond donors (Lipinski definition) is 3. The maximum Gasteiger partial charge on any atom is 0.317 e. The highest BCUT2D eigenvalue weighted by molar-refractivity contribution is 5.81. The van der Waals surface area contributed by atoms with Crippen LogP contribution in [0.15, 0.2) is 0 Å². The van der Waals surface area contributed by atoms with Gasteiger partial charge in [0.1, 0.15) is 0 Å². The lowest BCUT2D eigenvalue weighted by Crippen LogP contribution is -2.55. The number of urea groups is 1. The van der Waals surface area contributed by atoms with E-state index in [0.29, 0.717) is 19.1 Å². The van der Waals surface area contributed by atoms with Crippen molar-refractivity contribution in [3.05, 3.63) is 0 Å². The van der Waals surface area contributed by atoms with Crippen molar-refractivity contribution in [2.45, 2.75) is 64.0 Å². The molecule has 1 saturated heterocycles. The number of carbonyl (C=O) groups is 2. The Hall–Kier alpha value is -1.30. The number of carbonyl (C=O) groups excluding carboxylic acids is 2. The van der Waals surface area contributed by atoms with Crippen molar-refractivity contribution in [3.8, 4) is 0 Å². The Labute approximate surface area is 133 Å². The number of piperidine rings is 1. The van der Waals surface area contributed by atoms with E-state index in [1.165, 1.54) is 12.8 Å². The summed E-state index contributed by atoms with van der Waals surface area (Å²) < 4.78 is 0. The first-order valence-electron chi connectivity index (χ1n) is 8.49. The third-order valence-corrected chi connectivity index (χ3v) is 4.73. The molecule has 0 radical (unpaired) electrons. The van der Waals surface area contributed by atoms with Crippen molar-refractivity contribution in [3.63, 3.8) is 0 Å². The van der Waals surface area contributed by atoms with Gasteiger partial charge in [-0.1, -0.05) is 12.8 Å². The Bertz CT molecular complexity index is 405. The van der Waals surface area contributed by atoms with Crippen LogP contribution in [0.25, 0.3) is 0 Å². The predicted octanol–water partition coefficient (Wildman–Crippen LogP) is 1.20. The van der Waals surface area contributed by atoms with Crippen LogP contribution in [0, 0.1) is 5.92 Å². The molecule has 4 N–H and O–H groups in total. The summed E-state index contributed by atoms with van der Waals surface area (Å²) in [5.74, 6) is -0.122. The molecular formula is C16H30N4O2. The van der Waals surface area contributed by atoms with Gasteiger partial charge in [0.15, 0.2) is 0 Å². The third-order valence-electron chi connectivity index (χ3n) is 4.73. The summed E-state index contributed by atoms with van der Waals surface area (Å²) in [6.45, 7) is 5.47. The van der Waals surface area contributed by atoms with Crippen LogP contribution in [0.1, 0.15) is 52.4 Å². The summed E-state index contributed by atoms with van der Waals surface area (Å²) >= 11 is 0. The molecule has 2 aliphatic rings. The fourth-order valence-corrected chi connectivity index (χ4v) is 3.20. The molecule has 1 heterocycles. The Morgan fingerprint density at radius 3 is 2.50 bits per heavy atom. The zero-order valence-electron chi connectivity index (χ0n) is 13.9. The molecule has 126 valence electrons. The van der Waals surface area contributed by atoms with Crippen LogP contribution in [-0.4, -0.2) is 48.1 Å². The molecule has 1 aliphatic carbocycles. The Morgan fingerprint density at radius 2 is 1.86 bits per heavy atom. The molecule has 0 bridgehead atoms. The van der Waals surface area contributed by atoms with Gasteiger partial charge >= 0.3 is 6.03 Å². The Kier molecular flexibility index (Phi) is 5.67. The molecular weight excluding hydrogens is 280 g/mol. The first kappa shape index (κ1) is 17.1. The Balaban J connectivity index is 1.85. The minimum atomic E-state index is -0.397. The average molecular weight is 310 g/mol. The molecule has 22 heavy (non-hydrogen) atoms. The van der Waals surface area contributed by atoms with Crippen LogP contribution in [-0.2, 0) is 4.79 Å². The molecule has 0 aromatic rings. The number of rotatable bonds is 4. The molecule has 1 unspecified atom stereocenters. The Morgan fingerprint density at radius 1 is 1.18 bits per heavy atom. The lowest BCUT2D eigenvalue weighted by molar-refractivity contribution is -0.127. The van der Waals surface area contributed by atoms with Crippen LogP contribution < -0.4 is 16.4 Å². The number of amides is 3. The zero-order valence-corrected chi connectivity index (χ0v) is 13.9. The van der Waals surface area contributed by atoms with Crippen molar-refractivity contribution in [2.75, 3.05) is 19.6 Å². The predicted molar refractivity (Wildman–Crippen MR) is 86.4 cm³/mol. The van der Waals surface area contributed by atoms with E-state index in [4.69, 9.17) is 5.73 Å². The van der Waals surface area contributed by atoms with Crippen molar-refractivity contribution in [1.82, 2.24) is 15.5 Å². The summed E-state index contributed by atoms with van der Waals surface area (Å²) in [5, 5.41) is 6.09. The van der Waals surface area contributed by atoms with Gasteiger partial charge < -0.3 is 21.3 Å². The summed E-state index contributed by atoms with van der Waals surface area (Å²) in [4.78, 5) is 26.5. The van der Waals surface area contributed by atoms with Crippen molar-refractivity contribution in [1.29, 1.82) is 0 Å². The average Bonchev–Trinajstić information content (AvgIpc) is 3.00. The van der Waals surface area contributed by atoms with E-state index in [-0.39, 0.29) is 17.9 Å². The maximum atomic E-state index is 12.4. The minimum absolute atomic E-state index is 0.00816. The minimum Gasteiger partial charge on any atom is -0.350 e. The van der Waals surface area contributed by atoms with E-state index in [2.05, 4.69) is 10.6 Å². The topological polar surface area (TPSA) is 87.5 Å². The maximum absolute atomic E-state index is 12.4. The second-order valence-corrected chi connectivity index (χ2v) is 7.29. The van der Waals surface area contributed by atoms with E-state index in [1.54, 1.807) is 4.90 Å². The van der Waals surface area contributed by atoms with E-state index in [0.717, 1.165) is 32.2 Å². The summed E-state index contributed by atoms with van der Waals surface area (Å²) in [6, 6.07) is 0.306. The SMILES string of the molecule is CC(C)(CN)NC(=O)C1CCCN(C(=O)NC2CCCC2)C1. The second kappa shape index (κ2) is 7.31. The zero-order chi connectivity index (χ0) is 16.2. The normalized spacial score (nSPS) is 23.4. The lowest BCUT2D eigenvalue weighted by Gasteiger charge is -2.35. The first-order valence-corrected chi connectivity index (χ1v) is 8.49. The van der Waals surface area contributed by atoms with E-state index < -0.39 is 5.54 Å². The third kappa shape index (κ3) is 4.60. The number of likely N-dealkylation sites (tertiary alicyclic amines) is 1. The standard InChI is InChI=1S/C16H30N4O2/c1-16(2,11-17)19-14(21)12-6-5-9-20(10-12)15(22)18-13-7-3-4-8-13/h12-13H,3-11,17H2,1-2H3,(H,18,22)(H,19,21). The molecule has 2 rings (SSSR count). The highest BCUT2D eigenvalue weighted by Crippen LogP contribution is 2.20. The number of hydrogen-bond acceptors (Lipinski definition) is 3. The van der Waals surface area contributed by atoms with Gasteiger partial charge in [0.05, 0.1) is 5.92 Å². The molecule has 0 spiro atoms. The van der Waals surface area contributed by atoms with E-state index in [9.17, 15) is 9.59 Å². The van der Waals surface area contributed by atoms with Crippen LogP contribution in [0.3, 0.4) is 0 Å². The summed E-state index contributed by atoms with van der Waals surface area (Å²) in [6.07, 6.45) is 6.26. The van der Waals surface area contributed by atoms with Gasteiger partial charge in [0, 0.05) is 31.2 Å². The van der Waals surface area contributed by atoms with E-state index in [1.807, 2.05) is 13.8 Å². The van der Waals surface area contributed by atoms with Crippen molar-refractivity contribution >= 4 is 11.9 Å². The fourth-order valence-electron chi connectivity index (χ4n) is 3.20. The first-order chi connectivity index (χ1) is 10.4. The monoisotopic (exact) mass is 310 g/mol. The van der Waals surface area contributed by atoms with Gasteiger partial charge in [0.2, 0.25) is 5.91 Å². The van der Waals surface area contributed by atoms with Gasteiger partial charge in [-0.25, -0.2) is 4.79 Å². The van der Waals surface area contributed by atoms with E-state index >= 15 is 0 Å². The highest BCUT2D eigenvalue weighted by atomic mass is 16.2. The summed E-state index contributed by atoms with van der Waals surface area (Å²) in [5.41, 5.74) is 5.26. The molecule has 0 aromatic heterocycles. The van der Waals surface area contributed by atoms with Gasteiger partial charge in [-0.05, 0) is 39.5 Å². The van der Waals surface area contributed by atoms with Gasteiger partial charge in [-0.2, -0.15) is 0 Å². The fraction of sp³-hybridized carbons (Fsp3) is 0.875. The van der Waals surface area contributed by atoms with Gasteiger partial charge in [0.25, 0.3) is 0 Å². The number of nitrogens with one attached hydrogen (secondary N) is 2. The van der Waals surface area contributed by atoms with Crippen LogP contribution in [0.4, 0.5) is 4.79 Å². The van der Waals surface area contributed by atoms with Crippen LogP contribution in [0.2, 0.25) is 0 Å². The molecule has 0 aromatic carbocycles. The van der Waals surface area contributed by atoms with Gasteiger partial charge in [-0.3, -0.25) is 4.79 Å². The smallest absolute Gasteiger partial charge is 0.317 e. The molecule has 6 nitrogen and oxygen atoms in total. The highest BCUT2D eigenvalue weighted by Gasteiger charge is 2.31. The molecule has 1 saturated carbocycles. The van der Waals surface area contributed by atoms with Crippen LogP contribution in [0.5, 0.6) is 0 Å². The van der Waals surface area contributed by atoms with Crippen molar-refractivity contribution < 1.29 is 9.59 Å². The number of nitrogens with zero attached hydrogens (tertiary/aromatic N) is 1. The molecule has 1 atom stereocenters. The molecule has 3 amide bonds. The number of nitrogens with two attached hydrogens (primary N) is 1.